The van der Waals surface area contributed by atoms with E-state index in [-0.39, 0.29) is 0 Å². The van der Waals surface area contributed by atoms with Gasteiger partial charge in [0.1, 0.15) is 5.82 Å². The molecule has 0 saturated carbocycles. The minimum Gasteiger partial charge on any atom is -0.340 e. The van der Waals surface area contributed by atoms with Crippen LogP contribution in [0.5, 0.6) is 0 Å². The van der Waals surface area contributed by atoms with Crippen LogP contribution in [0.15, 0.2) is 48.7 Å². The van der Waals surface area contributed by atoms with Crippen LogP contribution < -0.4 is 5.32 Å². The Morgan fingerprint density at radius 3 is 2.71 bits per heavy atom. The molecule has 0 bridgehead atoms. The molecule has 0 spiro atoms. The molecular formula is C12H12N2. The smallest absolute Gasteiger partial charge is 0.130 e. The standard InChI is InChI=1S/C12H12N2/c1-10-5-4-6-11(9-10)14-12-7-2-3-8-13-12/h2-9H,1H3,(H,13,14). The van der Waals surface area contributed by atoms with Crippen molar-refractivity contribution in [1.29, 1.82) is 0 Å². The predicted octanol–water partition coefficient (Wildman–Crippen LogP) is 3.13. The quantitative estimate of drug-likeness (QED) is 0.775. The highest BCUT2D eigenvalue weighted by Crippen LogP contribution is 2.14. The zero-order valence-electron chi connectivity index (χ0n) is 8.07. The molecule has 1 heterocycles. The Balaban J connectivity index is 2.19. The predicted molar refractivity (Wildman–Crippen MR) is 58.7 cm³/mol. The van der Waals surface area contributed by atoms with Crippen molar-refractivity contribution in [3.8, 4) is 0 Å². The van der Waals surface area contributed by atoms with Gasteiger partial charge in [0.15, 0.2) is 0 Å². The fraction of sp³-hybridized carbons (Fsp3) is 0.0833. The van der Waals surface area contributed by atoms with Gasteiger partial charge < -0.3 is 5.32 Å². The Morgan fingerprint density at radius 1 is 1.07 bits per heavy atom. The molecule has 1 aromatic heterocycles. The van der Waals surface area contributed by atoms with Crippen LogP contribution in [0.2, 0.25) is 0 Å². The third-order valence-corrected chi connectivity index (χ3v) is 1.96. The highest BCUT2D eigenvalue weighted by molar-refractivity contribution is 5.56. The molecule has 0 saturated heterocycles. The highest BCUT2D eigenvalue weighted by atomic mass is 15.0. The van der Waals surface area contributed by atoms with Crippen LogP contribution in [-0.2, 0) is 0 Å². The first kappa shape index (κ1) is 8.75. The first-order valence-electron chi connectivity index (χ1n) is 4.59. The summed E-state index contributed by atoms with van der Waals surface area (Å²) in [6.45, 7) is 2.07. The summed E-state index contributed by atoms with van der Waals surface area (Å²) < 4.78 is 0. The van der Waals surface area contributed by atoms with Crippen molar-refractivity contribution in [2.45, 2.75) is 6.92 Å². The van der Waals surface area contributed by atoms with Crippen molar-refractivity contribution in [2.75, 3.05) is 5.32 Å². The van der Waals surface area contributed by atoms with Gasteiger partial charge >= 0.3 is 0 Å². The Bertz CT molecular complexity index is 410. The first-order chi connectivity index (χ1) is 6.84. The lowest BCUT2D eigenvalue weighted by molar-refractivity contribution is 1.30. The van der Waals surface area contributed by atoms with E-state index >= 15 is 0 Å². The lowest BCUT2D eigenvalue weighted by atomic mass is 10.2. The van der Waals surface area contributed by atoms with Gasteiger partial charge in [0.25, 0.3) is 0 Å². The summed E-state index contributed by atoms with van der Waals surface area (Å²) in [5.74, 6) is 0.873. The second kappa shape index (κ2) is 3.92. The summed E-state index contributed by atoms with van der Waals surface area (Å²) in [7, 11) is 0. The van der Waals surface area contributed by atoms with Gasteiger partial charge in [-0.15, -0.1) is 0 Å². The van der Waals surface area contributed by atoms with Crippen LogP contribution >= 0.6 is 0 Å². The van der Waals surface area contributed by atoms with Gasteiger partial charge in [-0.05, 0) is 36.8 Å². The van der Waals surface area contributed by atoms with Crippen molar-refractivity contribution in [2.24, 2.45) is 0 Å². The number of aromatic nitrogens is 1. The van der Waals surface area contributed by atoms with Crippen LogP contribution in [0.1, 0.15) is 5.56 Å². The molecule has 2 rings (SSSR count). The summed E-state index contributed by atoms with van der Waals surface area (Å²) in [5, 5.41) is 3.23. The van der Waals surface area contributed by atoms with Gasteiger partial charge in [0, 0.05) is 11.9 Å². The Kier molecular flexibility index (Phi) is 2.45. The lowest BCUT2D eigenvalue weighted by Crippen LogP contribution is -1.92. The fourth-order valence-electron chi connectivity index (χ4n) is 1.31. The Hall–Kier alpha value is -1.83. The Labute approximate surface area is 83.6 Å². The number of anilines is 2. The topological polar surface area (TPSA) is 24.9 Å². The molecule has 70 valence electrons. The first-order valence-corrected chi connectivity index (χ1v) is 4.59. The lowest BCUT2D eigenvalue weighted by Gasteiger charge is -2.05. The van der Waals surface area contributed by atoms with E-state index in [4.69, 9.17) is 0 Å². The number of nitrogens with one attached hydrogen (secondary N) is 1. The normalized spacial score (nSPS) is 9.79. The number of pyridine rings is 1. The molecule has 0 unspecified atom stereocenters. The molecule has 0 atom stereocenters. The Morgan fingerprint density at radius 2 is 2.00 bits per heavy atom. The molecule has 0 fully saturated rings. The summed E-state index contributed by atoms with van der Waals surface area (Å²) in [5.41, 5.74) is 2.31. The van der Waals surface area contributed by atoms with Gasteiger partial charge in [-0.25, -0.2) is 4.98 Å². The average Bonchev–Trinajstić information content (AvgIpc) is 2.19. The number of aryl methyl sites for hydroxylation is 1. The maximum atomic E-state index is 4.19. The van der Waals surface area contributed by atoms with E-state index in [2.05, 4.69) is 29.4 Å². The maximum Gasteiger partial charge on any atom is 0.130 e. The van der Waals surface area contributed by atoms with E-state index in [0.717, 1.165) is 11.5 Å². The molecule has 2 nitrogen and oxygen atoms in total. The van der Waals surface area contributed by atoms with E-state index in [1.807, 2.05) is 30.3 Å². The molecule has 0 radical (unpaired) electrons. The van der Waals surface area contributed by atoms with Crippen molar-refractivity contribution in [1.82, 2.24) is 4.98 Å². The maximum absolute atomic E-state index is 4.19. The number of hydrogen-bond acceptors (Lipinski definition) is 2. The second-order valence-electron chi connectivity index (χ2n) is 3.21. The number of nitrogens with zero attached hydrogens (tertiary/aromatic N) is 1. The van der Waals surface area contributed by atoms with Crippen molar-refractivity contribution >= 4 is 11.5 Å². The van der Waals surface area contributed by atoms with Crippen LogP contribution in [0.25, 0.3) is 0 Å². The van der Waals surface area contributed by atoms with E-state index < -0.39 is 0 Å². The molecule has 0 amide bonds. The summed E-state index contributed by atoms with van der Waals surface area (Å²) in [4.78, 5) is 4.19. The van der Waals surface area contributed by atoms with Crippen LogP contribution in [0, 0.1) is 6.92 Å². The second-order valence-corrected chi connectivity index (χ2v) is 3.21. The fourth-order valence-corrected chi connectivity index (χ4v) is 1.31. The average molecular weight is 184 g/mol. The number of hydrogen-bond donors (Lipinski definition) is 1. The third kappa shape index (κ3) is 2.10. The highest BCUT2D eigenvalue weighted by Gasteiger charge is 1.93. The molecule has 2 aromatic rings. The zero-order chi connectivity index (χ0) is 9.80. The van der Waals surface area contributed by atoms with Gasteiger partial charge in [-0.2, -0.15) is 0 Å². The largest absolute Gasteiger partial charge is 0.340 e. The van der Waals surface area contributed by atoms with Gasteiger partial charge in [-0.1, -0.05) is 18.2 Å². The molecule has 1 aromatic carbocycles. The number of rotatable bonds is 2. The van der Waals surface area contributed by atoms with Crippen molar-refractivity contribution < 1.29 is 0 Å². The van der Waals surface area contributed by atoms with Crippen LogP contribution in [0.3, 0.4) is 0 Å². The molecule has 14 heavy (non-hydrogen) atoms. The molecule has 2 heteroatoms. The zero-order valence-corrected chi connectivity index (χ0v) is 8.07. The SMILES string of the molecule is Cc1cccc(Nc2ccccn2)c1. The molecule has 0 aliphatic rings. The van der Waals surface area contributed by atoms with Crippen molar-refractivity contribution in [3.05, 3.63) is 54.2 Å². The van der Waals surface area contributed by atoms with Crippen LogP contribution in [0.4, 0.5) is 11.5 Å². The molecule has 0 aliphatic carbocycles. The molecule has 1 N–H and O–H groups in total. The summed E-state index contributed by atoms with van der Waals surface area (Å²) in [6.07, 6.45) is 1.78. The van der Waals surface area contributed by atoms with E-state index in [1.54, 1.807) is 6.20 Å². The van der Waals surface area contributed by atoms with Crippen LogP contribution in [-0.4, -0.2) is 4.98 Å². The van der Waals surface area contributed by atoms with Crippen molar-refractivity contribution in [3.63, 3.8) is 0 Å². The van der Waals surface area contributed by atoms with E-state index in [0.29, 0.717) is 0 Å². The monoisotopic (exact) mass is 184 g/mol. The number of benzene rings is 1. The minimum absolute atomic E-state index is 0.873. The van der Waals surface area contributed by atoms with E-state index in [9.17, 15) is 0 Å². The minimum atomic E-state index is 0.873. The van der Waals surface area contributed by atoms with E-state index in [1.165, 1.54) is 5.56 Å². The summed E-state index contributed by atoms with van der Waals surface area (Å²) in [6, 6.07) is 14.0. The molecule has 0 aliphatic heterocycles. The van der Waals surface area contributed by atoms with Gasteiger partial charge in [0.05, 0.1) is 0 Å². The van der Waals surface area contributed by atoms with Gasteiger partial charge in [0.2, 0.25) is 0 Å². The third-order valence-electron chi connectivity index (χ3n) is 1.96. The molecular weight excluding hydrogens is 172 g/mol. The summed E-state index contributed by atoms with van der Waals surface area (Å²) >= 11 is 0. The van der Waals surface area contributed by atoms with Gasteiger partial charge in [-0.3, -0.25) is 0 Å².